The number of fused-ring (bicyclic) bond motifs is 8. The van der Waals surface area contributed by atoms with Crippen LogP contribution in [0.25, 0.3) is 55.6 Å². The predicted octanol–water partition coefficient (Wildman–Crippen LogP) is 7.22. The third-order valence-corrected chi connectivity index (χ3v) is 7.85. The molecule has 0 unspecified atom stereocenters. The minimum absolute atomic E-state index is 0.211. The summed E-state index contributed by atoms with van der Waals surface area (Å²) < 4.78 is 4.53. The van der Waals surface area contributed by atoms with Crippen LogP contribution in [-0.4, -0.2) is 24.1 Å². The number of para-hydroxylation sites is 2. The lowest BCUT2D eigenvalue weighted by Crippen LogP contribution is -2.20. The monoisotopic (exact) mass is 477 g/mol. The van der Waals surface area contributed by atoms with E-state index in [0.29, 0.717) is 0 Å². The van der Waals surface area contributed by atoms with E-state index < -0.39 is 0 Å². The Morgan fingerprint density at radius 3 is 2.05 bits per heavy atom. The molecule has 4 aromatic heterocycles. The van der Waals surface area contributed by atoms with Gasteiger partial charge in [-0.15, -0.1) is 0 Å². The van der Waals surface area contributed by atoms with Crippen LogP contribution in [0.2, 0.25) is 0 Å². The van der Waals surface area contributed by atoms with Crippen LogP contribution in [0.5, 0.6) is 0 Å². The van der Waals surface area contributed by atoms with E-state index in [0.717, 1.165) is 33.7 Å². The van der Waals surface area contributed by atoms with Gasteiger partial charge in [-0.3, -0.25) is 9.13 Å². The maximum absolute atomic E-state index is 5.28. The zero-order valence-electron chi connectivity index (χ0n) is 20.6. The van der Waals surface area contributed by atoms with Crippen molar-refractivity contribution in [3.63, 3.8) is 0 Å². The second kappa shape index (κ2) is 7.14. The molecular weight excluding hydrogens is 454 g/mol. The standard InChI is InChI=1S/C32H23N5/c1-32(2)23-13-6-3-12-22(23)29-30-26(18-33-19-34-30)37(31(29)32)28-17-9-16-27(35-28)36-24-14-7-4-10-20(24)21-11-5-8-15-25(21)36/h3-19H,1-2H3. The van der Waals surface area contributed by atoms with Gasteiger partial charge in [0.05, 0.1) is 22.7 Å². The van der Waals surface area contributed by atoms with Crippen molar-refractivity contribution >= 4 is 32.8 Å². The average Bonchev–Trinajstić information content (AvgIpc) is 3.54. The first-order valence-corrected chi connectivity index (χ1v) is 12.6. The number of nitrogens with zero attached hydrogens (tertiary/aromatic N) is 5. The van der Waals surface area contributed by atoms with Crippen LogP contribution in [0, 0.1) is 0 Å². The molecule has 4 heterocycles. The maximum atomic E-state index is 5.28. The lowest BCUT2D eigenvalue weighted by atomic mass is 9.85. The van der Waals surface area contributed by atoms with Gasteiger partial charge in [-0.25, -0.2) is 15.0 Å². The van der Waals surface area contributed by atoms with Crippen LogP contribution in [0.15, 0.2) is 104 Å². The summed E-state index contributed by atoms with van der Waals surface area (Å²) in [6.07, 6.45) is 3.55. The van der Waals surface area contributed by atoms with Gasteiger partial charge in [0.2, 0.25) is 0 Å². The molecule has 37 heavy (non-hydrogen) atoms. The molecule has 7 aromatic rings. The van der Waals surface area contributed by atoms with Gasteiger partial charge < -0.3 is 0 Å². The Balaban J connectivity index is 1.45. The first-order chi connectivity index (χ1) is 18.1. The van der Waals surface area contributed by atoms with E-state index in [4.69, 9.17) is 9.97 Å². The van der Waals surface area contributed by atoms with Gasteiger partial charge in [-0.05, 0) is 35.4 Å². The quantitative estimate of drug-likeness (QED) is 0.264. The average molecular weight is 478 g/mol. The molecule has 8 rings (SSSR count). The van der Waals surface area contributed by atoms with Crippen LogP contribution in [0.4, 0.5) is 0 Å². The summed E-state index contributed by atoms with van der Waals surface area (Å²) in [5, 5.41) is 2.45. The van der Waals surface area contributed by atoms with Gasteiger partial charge in [0.1, 0.15) is 23.5 Å². The Labute approximate surface area is 213 Å². The van der Waals surface area contributed by atoms with Gasteiger partial charge >= 0.3 is 0 Å². The summed E-state index contributed by atoms with van der Waals surface area (Å²) >= 11 is 0. The summed E-state index contributed by atoms with van der Waals surface area (Å²) in [4.78, 5) is 14.4. The van der Waals surface area contributed by atoms with Crippen molar-refractivity contribution in [2.24, 2.45) is 0 Å². The molecule has 5 heteroatoms. The number of hydrogen-bond donors (Lipinski definition) is 0. The van der Waals surface area contributed by atoms with Gasteiger partial charge in [0.15, 0.2) is 0 Å². The highest BCUT2D eigenvalue weighted by Gasteiger charge is 2.41. The van der Waals surface area contributed by atoms with Gasteiger partial charge in [0, 0.05) is 27.4 Å². The fraction of sp³-hybridized carbons (Fsp3) is 0.0938. The van der Waals surface area contributed by atoms with E-state index in [-0.39, 0.29) is 5.41 Å². The molecule has 1 aliphatic rings. The minimum atomic E-state index is -0.211. The molecule has 0 saturated heterocycles. The summed E-state index contributed by atoms with van der Waals surface area (Å²) in [5.41, 5.74) is 8.96. The maximum Gasteiger partial charge on any atom is 0.140 e. The smallest absolute Gasteiger partial charge is 0.140 e. The summed E-state index contributed by atoms with van der Waals surface area (Å²) in [7, 11) is 0. The van der Waals surface area contributed by atoms with Crippen LogP contribution in [-0.2, 0) is 5.41 Å². The van der Waals surface area contributed by atoms with E-state index in [1.807, 2.05) is 6.20 Å². The number of benzene rings is 3. The molecule has 0 aliphatic heterocycles. The minimum Gasteiger partial charge on any atom is -0.294 e. The fourth-order valence-electron chi connectivity index (χ4n) is 6.31. The van der Waals surface area contributed by atoms with Crippen molar-refractivity contribution in [1.29, 1.82) is 0 Å². The Bertz CT molecular complexity index is 1970. The highest BCUT2D eigenvalue weighted by Crippen LogP contribution is 2.52. The Hall–Kier alpha value is -4.77. The van der Waals surface area contributed by atoms with Crippen molar-refractivity contribution in [3.05, 3.63) is 115 Å². The molecule has 5 nitrogen and oxygen atoms in total. The Morgan fingerprint density at radius 1 is 0.649 bits per heavy atom. The lowest BCUT2D eigenvalue weighted by molar-refractivity contribution is 0.621. The van der Waals surface area contributed by atoms with Crippen molar-refractivity contribution in [2.75, 3.05) is 0 Å². The Morgan fingerprint density at radius 2 is 1.30 bits per heavy atom. The van der Waals surface area contributed by atoms with E-state index in [1.165, 1.54) is 33.2 Å². The number of pyridine rings is 1. The SMILES string of the molecule is CC1(C)c2ccccc2-c2c1n(-c1cccc(-n3c4ccccc4c4ccccc43)n1)c1cncnc21. The molecular formula is C32H23N5. The molecule has 0 radical (unpaired) electrons. The Kier molecular flexibility index (Phi) is 3.94. The molecule has 3 aromatic carbocycles. The summed E-state index contributed by atoms with van der Waals surface area (Å²) in [5.74, 6) is 1.75. The lowest BCUT2D eigenvalue weighted by Gasteiger charge is -2.24. The van der Waals surface area contributed by atoms with E-state index in [9.17, 15) is 0 Å². The van der Waals surface area contributed by atoms with Crippen molar-refractivity contribution in [2.45, 2.75) is 19.3 Å². The van der Waals surface area contributed by atoms with Crippen molar-refractivity contribution in [1.82, 2.24) is 24.1 Å². The molecule has 0 amide bonds. The molecule has 1 aliphatic carbocycles. The fourth-order valence-corrected chi connectivity index (χ4v) is 6.31. The summed E-state index contributed by atoms with van der Waals surface area (Å²) in [6, 6.07) is 32.0. The molecule has 0 N–H and O–H groups in total. The number of rotatable bonds is 2. The van der Waals surface area contributed by atoms with Crippen molar-refractivity contribution in [3.8, 4) is 22.8 Å². The number of aromatic nitrogens is 5. The van der Waals surface area contributed by atoms with E-state index in [2.05, 4.69) is 119 Å². The predicted molar refractivity (Wildman–Crippen MR) is 149 cm³/mol. The first-order valence-electron chi connectivity index (χ1n) is 12.6. The van der Waals surface area contributed by atoms with E-state index >= 15 is 0 Å². The second-order valence-electron chi connectivity index (χ2n) is 10.2. The van der Waals surface area contributed by atoms with Gasteiger partial charge in [0.25, 0.3) is 0 Å². The third-order valence-electron chi connectivity index (χ3n) is 7.85. The topological polar surface area (TPSA) is 48.5 Å². The van der Waals surface area contributed by atoms with Crippen LogP contribution in [0.1, 0.15) is 25.1 Å². The first kappa shape index (κ1) is 20.4. The molecule has 0 atom stereocenters. The van der Waals surface area contributed by atoms with Gasteiger partial charge in [-0.1, -0.05) is 80.6 Å². The highest BCUT2D eigenvalue weighted by molar-refractivity contribution is 6.09. The normalized spacial score (nSPS) is 13.9. The number of hydrogen-bond acceptors (Lipinski definition) is 3. The zero-order chi connectivity index (χ0) is 24.7. The molecule has 0 fully saturated rings. The van der Waals surface area contributed by atoms with Crippen LogP contribution < -0.4 is 0 Å². The summed E-state index contributed by atoms with van der Waals surface area (Å²) in [6.45, 7) is 4.58. The van der Waals surface area contributed by atoms with Crippen LogP contribution in [0.3, 0.4) is 0 Å². The molecule has 0 saturated carbocycles. The van der Waals surface area contributed by atoms with Crippen LogP contribution >= 0.6 is 0 Å². The second-order valence-corrected chi connectivity index (χ2v) is 10.2. The molecule has 0 spiro atoms. The van der Waals surface area contributed by atoms with Crippen molar-refractivity contribution < 1.29 is 0 Å². The van der Waals surface area contributed by atoms with E-state index in [1.54, 1.807) is 6.33 Å². The van der Waals surface area contributed by atoms with Gasteiger partial charge in [-0.2, -0.15) is 0 Å². The third kappa shape index (κ3) is 2.60. The zero-order valence-corrected chi connectivity index (χ0v) is 20.6. The molecule has 0 bridgehead atoms. The highest BCUT2D eigenvalue weighted by atomic mass is 15.2. The molecule has 176 valence electrons. The largest absolute Gasteiger partial charge is 0.294 e.